The topological polar surface area (TPSA) is 90.1 Å². The van der Waals surface area contributed by atoms with E-state index in [0.29, 0.717) is 13.1 Å². The number of hydrogen-bond acceptors (Lipinski definition) is 4. The van der Waals surface area contributed by atoms with Gasteiger partial charge in [0, 0.05) is 37.3 Å². The third-order valence-corrected chi connectivity index (χ3v) is 5.74. The Hall–Kier alpha value is -2.74. The average molecular weight is 385 g/mol. The number of benzene rings is 1. The molecule has 0 aliphatic carbocycles. The van der Waals surface area contributed by atoms with Crippen molar-refractivity contribution in [1.82, 2.24) is 25.5 Å². The first-order valence-corrected chi connectivity index (χ1v) is 9.61. The molecule has 2 amide bonds. The number of aromatic amines is 1. The average Bonchev–Trinajstić information content (AvgIpc) is 3.18. The number of carbonyl (C=O) groups excluding carboxylic acids is 2. The van der Waals surface area contributed by atoms with Gasteiger partial charge < -0.3 is 20.5 Å². The lowest BCUT2D eigenvalue weighted by atomic mass is 9.80. The van der Waals surface area contributed by atoms with Crippen molar-refractivity contribution >= 4 is 11.8 Å². The molecule has 2 aliphatic rings. The van der Waals surface area contributed by atoms with Gasteiger partial charge in [-0.15, -0.1) is 0 Å². The second-order valence-corrected chi connectivity index (χ2v) is 7.52. The fraction of sp³-hybridized carbons (Fsp3) is 0.450. The number of hydrogen-bond donors (Lipinski definition) is 3. The normalized spacial score (nSPS) is 19.1. The summed E-state index contributed by atoms with van der Waals surface area (Å²) in [5.41, 5.74) is 2.26. The molecule has 1 atom stereocenters. The Balaban J connectivity index is 1.37. The molecular weight excluding hydrogens is 361 g/mol. The van der Waals surface area contributed by atoms with Crippen LogP contribution < -0.4 is 10.6 Å². The molecule has 2 aliphatic heterocycles. The molecule has 0 saturated carbocycles. The van der Waals surface area contributed by atoms with Crippen LogP contribution in [0.5, 0.6) is 0 Å². The highest BCUT2D eigenvalue weighted by Crippen LogP contribution is 2.35. The number of halogens is 1. The lowest BCUT2D eigenvalue weighted by molar-refractivity contribution is -0.134. The standard InChI is InChI=1S/C20H24FN5O2/c1-13(25-18(27)14-3-2-4-15(21)11-14)19(28)26-9-6-20(7-10-26)17-16(5-8-24-20)22-12-23-17/h2-4,11-13,24H,5-10H2,1H3,(H,22,23)(H,25,27)/t13-/m1/s1. The first-order valence-electron chi connectivity index (χ1n) is 9.61. The minimum Gasteiger partial charge on any atom is -0.348 e. The number of carbonyl (C=O) groups is 2. The van der Waals surface area contributed by atoms with Crippen LogP contribution in [0.25, 0.3) is 0 Å². The molecule has 3 N–H and O–H groups in total. The van der Waals surface area contributed by atoms with Crippen LogP contribution in [0.3, 0.4) is 0 Å². The molecule has 0 radical (unpaired) electrons. The lowest BCUT2D eigenvalue weighted by Gasteiger charge is -2.44. The second kappa shape index (κ2) is 7.35. The zero-order valence-corrected chi connectivity index (χ0v) is 15.8. The summed E-state index contributed by atoms with van der Waals surface area (Å²) in [6.45, 7) is 3.74. The monoisotopic (exact) mass is 385 g/mol. The van der Waals surface area contributed by atoms with E-state index in [1.165, 1.54) is 23.9 Å². The maximum atomic E-state index is 13.3. The minimum atomic E-state index is -0.676. The highest BCUT2D eigenvalue weighted by molar-refractivity contribution is 5.97. The van der Waals surface area contributed by atoms with Crippen LogP contribution in [0.2, 0.25) is 0 Å². The van der Waals surface area contributed by atoms with E-state index in [-0.39, 0.29) is 17.0 Å². The number of fused-ring (bicyclic) bond motifs is 2. The third kappa shape index (κ3) is 3.40. The fourth-order valence-corrected chi connectivity index (χ4v) is 4.20. The summed E-state index contributed by atoms with van der Waals surface area (Å²) < 4.78 is 13.3. The van der Waals surface area contributed by atoms with Gasteiger partial charge in [0.2, 0.25) is 5.91 Å². The van der Waals surface area contributed by atoms with Crippen molar-refractivity contribution in [2.75, 3.05) is 19.6 Å². The molecule has 28 heavy (non-hydrogen) atoms. The van der Waals surface area contributed by atoms with Gasteiger partial charge in [0.25, 0.3) is 5.91 Å². The molecule has 1 spiro atoms. The summed E-state index contributed by atoms with van der Waals surface area (Å²) in [7, 11) is 0. The van der Waals surface area contributed by atoms with Crippen LogP contribution in [-0.4, -0.2) is 52.4 Å². The smallest absolute Gasteiger partial charge is 0.252 e. The van der Waals surface area contributed by atoms with Crippen LogP contribution in [0.4, 0.5) is 4.39 Å². The van der Waals surface area contributed by atoms with Crippen molar-refractivity contribution in [3.8, 4) is 0 Å². The Morgan fingerprint density at radius 1 is 1.32 bits per heavy atom. The van der Waals surface area contributed by atoms with Gasteiger partial charge in [-0.25, -0.2) is 9.37 Å². The van der Waals surface area contributed by atoms with Crippen molar-refractivity contribution < 1.29 is 14.0 Å². The van der Waals surface area contributed by atoms with Crippen molar-refractivity contribution in [3.05, 3.63) is 53.4 Å². The molecule has 1 saturated heterocycles. The Labute approximate surface area is 162 Å². The Morgan fingerprint density at radius 3 is 2.86 bits per heavy atom. The molecule has 1 aromatic heterocycles. The highest BCUT2D eigenvalue weighted by Gasteiger charge is 2.42. The number of aromatic nitrogens is 2. The number of H-pyrrole nitrogens is 1. The van der Waals surface area contributed by atoms with Gasteiger partial charge in [0.15, 0.2) is 0 Å². The van der Waals surface area contributed by atoms with E-state index < -0.39 is 17.8 Å². The molecule has 3 heterocycles. The quantitative estimate of drug-likeness (QED) is 0.744. The number of imidazole rings is 1. The van der Waals surface area contributed by atoms with E-state index in [2.05, 4.69) is 20.6 Å². The number of nitrogens with zero attached hydrogens (tertiary/aromatic N) is 2. The largest absolute Gasteiger partial charge is 0.348 e. The van der Waals surface area contributed by atoms with Gasteiger partial charge in [-0.1, -0.05) is 6.07 Å². The van der Waals surface area contributed by atoms with Crippen LogP contribution in [0.1, 0.15) is 41.5 Å². The summed E-state index contributed by atoms with van der Waals surface area (Å²) in [6, 6.07) is 4.76. The number of nitrogens with one attached hydrogen (secondary N) is 3. The van der Waals surface area contributed by atoms with Gasteiger partial charge in [0.1, 0.15) is 11.9 Å². The molecule has 1 aromatic carbocycles. The zero-order chi connectivity index (χ0) is 19.7. The van der Waals surface area contributed by atoms with Gasteiger partial charge in [-0.2, -0.15) is 0 Å². The lowest BCUT2D eigenvalue weighted by Crippen LogP contribution is -2.57. The summed E-state index contributed by atoms with van der Waals surface area (Å²) in [5.74, 6) is -1.06. The number of piperidine rings is 1. The van der Waals surface area contributed by atoms with E-state index in [1.807, 2.05) is 0 Å². The number of amides is 2. The van der Waals surface area contributed by atoms with Crippen LogP contribution in [0.15, 0.2) is 30.6 Å². The molecule has 2 aromatic rings. The number of rotatable bonds is 3. The van der Waals surface area contributed by atoms with E-state index >= 15 is 0 Å². The van der Waals surface area contributed by atoms with Crippen LogP contribution in [0, 0.1) is 5.82 Å². The Morgan fingerprint density at radius 2 is 2.11 bits per heavy atom. The predicted molar refractivity (Wildman–Crippen MR) is 101 cm³/mol. The Bertz CT molecular complexity index is 888. The first-order chi connectivity index (χ1) is 13.5. The van der Waals surface area contributed by atoms with Crippen molar-refractivity contribution in [2.24, 2.45) is 0 Å². The van der Waals surface area contributed by atoms with Crippen molar-refractivity contribution in [2.45, 2.75) is 37.8 Å². The SMILES string of the molecule is C[C@@H](NC(=O)c1cccc(F)c1)C(=O)N1CCC2(CC1)NCCc1[nH]cnc12. The highest BCUT2D eigenvalue weighted by atomic mass is 19.1. The van der Waals surface area contributed by atoms with Crippen molar-refractivity contribution in [1.29, 1.82) is 0 Å². The first kappa shape index (κ1) is 18.6. The molecule has 148 valence electrons. The molecule has 0 unspecified atom stereocenters. The number of likely N-dealkylation sites (tertiary alicyclic amines) is 1. The molecular formula is C20H24FN5O2. The van der Waals surface area contributed by atoms with Gasteiger partial charge in [-0.05, 0) is 38.0 Å². The fourth-order valence-electron chi connectivity index (χ4n) is 4.20. The molecule has 7 nitrogen and oxygen atoms in total. The van der Waals surface area contributed by atoms with E-state index in [9.17, 15) is 14.0 Å². The summed E-state index contributed by atoms with van der Waals surface area (Å²) >= 11 is 0. The third-order valence-electron chi connectivity index (χ3n) is 5.74. The summed E-state index contributed by atoms with van der Waals surface area (Å²) in [5, 5.41) is 6.27. The maximum Gasteiger partial charge on any atom is 0.252 e. The van der Waals surface area contributed by atoms with Gasteiger partial charge in [0.05, 0.1) is 17.6 Å². The summed E-state index contributed by atoms with van der Waals surface area (Å²) in [4.78, 5) is 34.6. The molecule has 8 heteroatoms. The molecule has 4 rings (SSSR count). The van der Waals surface area contributed by atoms with Crippen molar-refractivity contribution in [3.63, 3.8) is 0 Å². The van der Waals surface area contributed by atoms with Gasteiger partial charge >= 0.3 is 0 Å². The van der Waals surface area contributed by atoms with Gasteiger partial charge in [-0.3, -0.25) is 9.59 Å². The van der Waals surface area contributed by atoms with Crippen LogP contribution in [-0.2, 0) is 16.8 Å². The van der Waals surface area contributed by atoms with Crippen LogP contribution >= 0.6 is 0 Å². The zero-order valence-electron chi connectivity index (χ0n) is 15.8. The minimum absolute atomic E-state index is 0.127. The summed E-state index contributed by atoms with van der Waals surface area (Å²) in [6.07, 6.45) is 4.23. The van der Waals surface area contributed by atoms with E-state index in [0.717, 1.165) is 37.6 Å². The second-order valence-electron chi connectivity index (χ2n) is 7.52. The predicted octanol–water partition coefficient (Wildman–Crippen LogP) is 1.33. The maximum absolute atomic E-state index is 13.3. The Kier molecular flexibility index (Phi) is 4.89. The molecule has 1 fully saturated rings. The molecule has 0 bridgehead atoms. The van der Waals surface area contributed by atoms with E-state index in [4.69, 9.17) is 0 Å². The van der Waals surface area contributed by atoms with E-state index in [1.54, 1.807) is 18.2 Å².